The molecule has 2 saturated heterocycles. The van der Waals surface area contributed by atoms with Gasteiger partial charge in [0.25, 0.3) is 5.91 Å². The number of ether oxygens (including phenoxy) is 1. The number of nitrogens with zero attached hydrogens (tertiary/aromatic N) is 3. The Morgan fingerprint density at radius 1 is 1.10 bits per heavy atom. The molecule has 0 spiro atoms. The number of thiazole rings is 1. The lowest BCUT2D eigenvalue weighted by Gasteiger charge is -2.36. The SMILES string of the molecule is Cc1ccc(OCc2ccc(C(=O)N3CCS(=O)(=O)CC3)cc2C)c(-c2csc(N3CCC(C=O)(CO)CC3)n2)c1. The Morgan fingerprint density at radius 3 is 2.49 bits per heavy atom. The summed E-state index contributed by atoms with van der Waals surface area (Å²) in [5.74, 6) is 0.565. The van der Waals surface area contributed by atoms with Crippen LogP contribution in [0.5, 0.6) is 5.75 Å². The number of aromatic nitrogens is 1. The fourth-order valence-corrected chi connectivity index (χ4v) is 7.28. The maximum atomic E-state index is 12.9. The normalized spacial score (nSPS) is 18.2. The second-order valence-corrected chi connectivity index (χ2v) is 14.2. The molecule has 0 atom stereocenters. The number of aldehydes is 1. The van der Waals surface area contributed by atoms with E-state index in [4.69, 9.17) is 9.72 Å². The van der Waals surface area contributed by atoms with E-state index in [0.29, 0.717) is 43.9 Å². The summed E-state index contributed by atoms with van der Waals surface area (Å²) in [6.07, 6.45) is 2.10. The van der Waals surface area contributed by atoms with E-state index < -0.39 is 15.3 Å². The zero-order valence-electron chi connectivity index (χ0n) is 23.3. The van der Waals surface area contributed by atoms with Gasteiger partial charge in [0.2, 0.25) is 0 Å². The van der Waals surface area contributed by atoms with E-state index in [0.717, 1.165) is 39.4 Å². The molecule has 0 unspecified atom stereocenters. The second-order valence-electron chi connectivity index (χ2n) is 11.0. The third kappa shape index (κ3) is 6.47. The van der Waals surface area contributed by atoms with Crippen LogP contribution in [-0.2, 0) is 21.2 Å². The molecule has 41 heavy (non-hydrogen) atoms. The molecule has 1 aromatic heterocycles. The number of carbonyl (C=O) groups is 2. The molecule has 218 valence electrons. The summed E-state index contributed by atoms with van der Waals surface area (Å²) in [5.41, 5.74) is 4.57. The van der Waals surface area contributed by atoms with Gasteiger partial charge in [-0.25, -0.2) is 13.4 Å². The summed E-state index contributed by atoms with van der Waals surface area (Å²) >= 11 is 1.55. The molecular formula is C30H35N3O6S2. The van der Waals surface area contributed by atoms with Crippen molar-refractivity contribution in [2.24, 2.45) is 5.41 Å². The third-order valence-corrected chi connectivity index (χ3v) is 10.6. The number of hydrogen-bond donors (Lipinski definition) is 1. The van der Waals surface area contributed by atoms with Crippen molar-refractivity contribution in [1.29, 1.82) is 0 Å². The Hall–Kier alpha value is -3.28. The lowest BCUT2D eigenvalue weighted by molar-refractivity contribution is -0.119. The first-order valence-corrected chi connectivity index (χ1v) is 16.4. The molecule has 1 N–H and O–H groups in total. The zero-order valence-corrected chi connectivity index (χ0v) is 25.0. The Labute approximate surface area is 244 Å². The maximum Gasteiger partial charge on any atom is 0.253 e. The van der Waals surface area contributed by atoms with Crippen LogP contribution in [0.15, 0.2) is 41.8 Å². The van der Waals surface area contributed by atoms with Gasteiger partial charge in [0.05, 0.1) is 29.2 Å². The standard InChI is InChI=1S/C30H35N3O6S2/c1-21-3-6-27(25(15-21)26-18-40-29(31-26)33-9-7-30(19-34,20-35)8-10-33)39-17-24-5-4-23(16-22(24)2)28(36)32-11-13-41(37,38)14-12-32/h3-6,15-16,18-19,35H,7-14,17,20H2,1-2H3. The molecule has 0 radical (unpaired) electrons. The van der Waals surface area contributed by atoms with Crippen molar-refractivity contribution in [2.75, 3.05) is 49.2 Å². The van der Waals surface area contributed by atoms with Crippen molar-refractivity contribution < 1.29 is 27.9 Å². The van der Waals surface area contributed by atoms with E-state index in [9.17, 15) is 23.1 Å². The molecule has 2 aromatic carbocycles. The van der Waals surface area contributed by atoms with Crippen LogP contribution in [0.25, 0.3) is 11.3 Å². The summed E-state index contributed by atoms with van der Waals surface area (Å²) in [6, 6.07) is 11.5. The summed E-state index contributed by atoms with van der Waals surface area (Å²) in [5, 5.41) is 12.6. The summed E-state index contributed by atoms with van der Waals surface area (Å²) in [4.78, 5) is 33.1. The van der Waals surface area contributed by atoms with Gasteiger partial charge in [0, 0.05) is 42.7 Å². The summed E-state index contributed by atoms with van der Waals surface area (Å²) in [6.45, 7) is 5.93. The highest BCUT2D eigenvalue weighted by molar-refractivity contribution is 7.91. The van der Waals surface area contributed by atoms with Gasteiger partial charge >= 0.3 is 0 Å². The van der Waals surface area contributed by atoms with E-state index in [1.165, 1.54) is 0 Å². The first kappa shape index (κ1) is 29.2. The highest BCUT2D eigenvalue weighted by Crippen LogP contribution is 2.37. The number of benzene rings is 2. The average molecular weight is 598 g/mol. The molecule has 2 fully saturated rings. The highest BCUT2D eigenvalue weighted by Gasteiger charge is 2.34. The molecule has 3 aromatic rings. The van der Waals surface area contributed by atoms with Gasteiger partial charge in [0.15, 0.2) is 15.0 Å². The first-order chi connectivity index (χ1) is 19.6. The van der Waals surface area contributed by atoms with Crippen molar-refractivity contribution in [2.45, 2.75) is 33.3 Å². The smallest absolute Gasteiger partial charge is 0.253 e. The van der Waals surface area contributed by atoms with Crippen LogP contribution in [0.2, 0.25) is 0 Å². The number of amides is 1. The Balaban J connectivity index is 1.27. The van der Waals surface area contributed by atoms with E-state index in [-0.39, 0.29) is 37.1 Å². The largest absolute Gasteiger partial charge is 0.488 e. The van der Waals surface area contributed by atoms with Crippen molar-refractivity contribution in [3.05, 3.63) is 64.0 Å². The summed E-state index contributed by atoms with van der Waals surface area (Å²) < 4.78 is 29.7. The van der Waals surface area contributed by atoms with Gasteiger partial charge in [-0.2, -0.15) is 0 Å². The summed E-state index contributed by atoms with van der Waals surface area (Å²) in [7, 11) is -3.05. The van der Waals surface area contributed by atoms with Crippen molar-refractivity contribution in [3.8, 4) is 17.0 Å². The van der Waals surface area contributed by atoms with Crippen molar-refractivity contribution in [3.63, 3.8) is 0 Å². The molecule has 0 aliphatic carbocycles. The number of aliphatic hydroxyl groups excluding tert-OH is 1. The number of hydrogen-bond acceptors (Lipinski definition) is 9. The van der Waals surface area contributed by atoms with Crippen molar-refractivity contribution in [1.82, 2.24) is 9.88 Å². The van der Waals surface area contributed by atoms with Crippen LogP contribution in [0.4, 0.5) is 5.13 Å². The quantitative estimate of drug-likeness (QED) is 0.391. The number of aryl methyl sites for hydroxylation is 2. The Morgan fingerprint density at radius 2 is 1.83 bits per heavy atom. The van der Waals surface area contributed by atoms with Gasteiger partial charge in [-0.1, -0.05) is 17.7 Å². The molecule has 0 bridgehead atoms. The van der Waals surface area contributed by atoms with E-state index in [1.807, 2.05) is 43.5 Å². The predicted molar refractivity (Wildman–Crippen MR) is 159 cm³/mol. The molecule has 2 aliphatic heterocycles. The molecule has 1 amide bonds. The number of carbonyl (C=O) groups excluding carboxylic acids is 2. The second kappa shape index (κ2) is 11.9. The molecule has 5 rings (SSSR count). The minimum absolute atomic E-state index is 0.00558. The molecule has 2 aliphatic rings. The average Bonchev–Trinajstić information content (AvgIpc) is 3.47. The molecule has 9 nitrogen and oxygen atoms in total. The predicted octanol–water partition coefficient (Wildman–Crippen LogP) is 3.65. The lowest BCUT2D eigenvalue weighted by atomic mass is 9.81. The monoisotopic (exact) mass is 597 g/mol. The van der Waals surface area contributed by atoms with Crippen LogP contribution in [-0.4, -0.2) is 79.9 Å². The third-order valence-electron chi connectivity index (χ3n) is 8.10. The topological polar surface area (TPSA) is 117 Å². The van der Waals surface area contributed by atoms with E-state index in [1.54, 1.807) is 22.3 Å². The minimum Gasteiger partial charge on any atom is -0.488 e. The van der Waals surface area contributed by atoms with Crippen LogP contribution in [0.1, 0.15) is 39.9 Å². The highest BCUT2D eigenvalue weighted by atomic mass is 32.2. The molecule has 3 heterocycles. The molecule has 0 saturated carbocycles. The van der Waals surface area contributed by atoms with Crippen LogP contribution < -0.4 is 9.64 Å². The fourth-order valence-electron chi connectivity index (χ4n) is 5.20. The minimum atomic E-state index is -3.05. The fraction of sp³-hybridized carbons (Fsp3) is 0.433. The number of sulfone groups is 1. The van der Waals surface area contributed by atoms with Gasteiger partial charge in [-0.3, -0.25) is 4.79 Å². The van der Waals surface area contributed by atoms with Crippen molar-refractivity contribution >= 4 is 38.5 Å². The van der Waals surface area contributed by atoms with Crippen LogP contribution in [0.3, 0.4) is 0 Å². The molecular weight excluding hydrogens is 562 g/mol. The zero-order chi connectivity index (χ0) is 29.2. The number of aliphatic hydroxyl groups is 1. The number of piperidine rings is 1. The Bertz CT molecular complexity index is 1530. The number of anilines is 1. The number of rotatable bonds is 8. The van der Waals surface area contributed by atoms with Gasteiger partial charge < -0.3 is 24.4 Å². The van der Waals surface area contributed by atoms with Crippen LogP contribution >= 0.6 is 11.3 Å². The van der Waals surface area contributed by atoms with Gasteiger partial charge in [-0.15, -0.1) is 11.3 Å². The maximum absolute atomic E-state index is 12.9. The van der Waals surface area contributed by atoms with Gasteiger partial charge in [0.1, 0.15) is 18.6 Å². The van der Waals surface area contributed by atoms with E-state index >= 15 is 0 Å². The van der Waals surface area contributed by atoms with Gasteiger partial charge in [-0.05, 0) is 62.1 Å². The Kier molecular flexibility index (Phi) is 8.49. The molecule has 11 heteroatoms. The lowest BCUT2D eigenvalue weighted by Crippen LogP contribution is -2.43. The first-order valence-electron chi connectivity index (χ1n) is 13.7. The van der Waals surface area contributed by atoms with E-state index in [2.05, 4.69) is 11.0 Å². The van der Waals surface area contributed by atoms with Crippen LogP contribution in [0, 0.1) is 19.3 Å².